The first kappa shape index (κ1) is 23.9. The standard InChI is InChI=1S/C22H32F2N4O2S/c1-17(21(30)25-18-6-8-19(9-7-18)31-22(23)24)27-14-12-26(13-15-27)16-20(29)28-10-4-2-3-5-11-28/h6-9,17,22H,2-5,10-16H2,1H3,(H,25,30). The zero-order valence-electron chi connectivity index (χ0n) is 18.1. The Balaban J connectivity index is 1.42. The number of carbonyl (C=O) groups is 2. The number of nitrogens with zero attached hydrogens (tertiary/aromatic N) is 3. The van der Waals surface area contributed by atoms with E-state index >= 15 is 0 Å². The van der Waals surface area contributed by atoms with Crippen molar-refractivity contribution in [1.82, 2.24) is 14.7 Å². The van der Waals surface area contributed by atoms with Crippen molar-refractivity contribution >= 4 is 29.3 Å². The Morgan fingerprint density at radius 3 is 2.16 bits per heavy atom. The SMILES string of the molecule is CC(C(=O)Nc1ccc(SC(F)F)cc1)N1CCN(CC(=O)N2CCCCCC2)CC1. The van der Waals surface area contributed by atoms with Crippen molar-refractivity contribution in [2.24, 2.45) is 0 Å². The number of hydrogen-bond donors (Lipinski definition) is 1. The van der Waals surface area contributed by atoms with Crippen molar-refractivity contribution in [3.8, 4) is 0 Å². The summed E-state index contributed by atoms with van der Waals surface area (Å²) in [5.74, 6) is -2.36. The van der Waals surface area contributed by atoms with E-state index in [-0.39, 0.29) is 17.9 Å². The van der Waals surface area contributed by atoms with E-state index in [1.54, 1.807) is 24.3 Å². The molecule has 0 aromatic heterocycles. The Morgan fingerprint density at radius 1 is 0.968 bits per heavy atom. The zero-order chi connectivity index (χ0) is 22.2. The van der Waals surface area contributed by atoms with Gasteiger partial charge in [-0.15, -0.1) is 0 Å². The van der Waals surface area contributed by atoms with Crippen LogP contribution in [0.25, 0.3) is 0 Å². The molecular formula is C22H32F2N4O2S. The molecule has 2 heterocycles. The number of amides is 2. The number of rotatable bonds is 7. The molecule has 2 aliphatic heterocycles. The predicted octanol–water partition coefficient (Wildman–Crippen LogP) is 3.35. The fourth-order valence-corrected chi connectivity index (χ4v) is 4.55. The van der Waals surface area contributed by atoms with Crippen molar-refractivity contribution in [2.45, 2.75) is 49.3 Å². The van der Waals surface area contributed by atoms with Crippen molar-refractivity contribution in [2.75, 3.05) is 51.1 Å². The highest BCUT2D eigenvalue weighted by molar-refractivity contribution is 7.99. The Morgan fingerprint density at radius 2 is 1.58 bits per heavy atom. The lowest BCUT2D eigenvalue weighted by Gasteiger charge is -2.37. The van der Waals surface area contributed by atoms with Gasteiger partial charge in [-0.25, -0.2) is 0 Å². The van der Waals surface area contributed by atoms with Gasteiger partial charge in [0.25, 0.3) is 5.76 Å². The molecule has 31 heavy (non-hydrogen) atoms. The lowest BCUT2D eigenvalue weighted by molar-refractivity contribution is -0.133. The number of thioether (sulfide) groups is 1. The molecule has 6 nitrogen and oxygen atoms in total. The number of anilines is 1. The molecule has 0 saturated carbocycles. The van der Waals surface area contributed by atoms with Crippen LogP contribution in [0.1, 0.15) is 32.6 Å². The number of likely N-dealkylation sites (tertiary alicyclic amines) is 1. The summed E-state index contributed by atoms with van der Waals surface area (Å²) in [5.41, 5.74) is 0.595. The molecule has 9 heteroatoms. The second kappa shape index (κ2) is 11.8. The largest absolute Gasteiger partial charge is 0.342 e. The predicted molar refractivity (Wildman–Crippen MR) is 119 cm³/mol. The maximum atomic E-state index is 12.6. The van der Waals surface area contributed by atoms with Gasteiger partial charge < -0.3 is 10.2 Å². The molecule has 2 fully saturated rings. The molecule has 1 N–H and O–H groups in total. The molecule has 1 aromatic rings. The quantitative estimate of drug-likeness (QED) is 0.641. The minimum absolute atomic E-state index is 0.122. The molecule has 2 aliphatic rings. The molecule has 1 atom stereocenters. The lowest BCUT2D eigenvalue weighted by Crippen LogP contribution is -2.54. The molecule has 0 radical (unpaired) electrons. The van der Waals surface area contributed by atoms with Gasteiger partial charge in [-0.05, 0) is 44.0 Å². The lowest BCUT2D eigenvalue weighted by atomic mass is 10.2. The average Bonchev–Trinajstić information content (AvgIpc) is 3.04. The normalized spacial score (nSPS) is 19.8. The molecule has 0 aliphatic carbocycles. The minimum atomic E-state index is -2.46. The van der Waals surface area contributed by atoms with Gasteiger partial charge in [-0.2, -0.15) is 8.78 Å². The van der Waals surface area contributed by atoms with Crippen molar-refractivity contribution < 1.29 is 18.4 Å². The molecule has 2 saturated heterocycles. The first-order valence-electron chi connectivity index (χ1n) is 11.0. The molecule has 3 rings (SSSR count). The summed E-state index contributed by atoms with van der Waals surface area (Å²) in [6, 6.07) is 6.14. The molecule has 2 amide bonds. The summed E-state index contributed by atoms with van der Waals surface area (Å²) < 4.78 is 24.8. The second-order valence-corrected chi connectivity index (χ2v) is 9.24. The average molecular weight is 455 g/mol. The van der Waals surface area contributed by atoms with E-state index < -0.39 is 5.76 Å². The summed E-state index contributed by atoms with van der Waals surface area (Å²) in [4.78, 5) is 32.0. The van der Waals surface area contributed by atoms with Gasteiger partial charge in [0.2, 0.25) is 11.8 Å². The molecule has 1 aromatic carbocycles. The van der Waals surface area contributed by atoms with Gasteiger partial charge in [0.1, 0.15) is 0 Å². The topological polar surface area (TPSA) is 55.9 Å². The molecular weight excluding hydrogens is 422 g/mol. The number of benzene rings is 1. The van der Waals surface area contributed by atoms with Crippen LogP contribution < -0.4 is 5.32 Å². The van der Waals surface area contributed by atoms with Gasteiger partial charge in [-0.3, -0.25) is 19.4 Å². The van der Waals surface area contributed by atoms with Crippen LogP contribution in [0.3, 0.4) is 0 Å². The first-order chi connectivity index (χ1) is 14.9. The van der Waals surface area contributed by atoms with E-state index in [1.165, 1.54) is 12.8 Å². The summed E-state index contributed by atoms with van der Waals surface area (Å²) in [6.07, 6.45) is 4.61. The van der Waals surface area contributed by atoms with Crippen LogP contribution in [-0.4, -0.2) is 84.1 Å². The molecule has 1 unspecified atom stereocenters. The van der Waals surface area contributed by atoms with E-state index in [0.717, 1.165) is 52.1 Å². The van der Waals surface area contributed by atoms with E-state index in [9.17, 15) is 18.4 Å². The molecule has 172 valence electrons. The highest BCUT2D eigenvalue weighted by Gasteiger charge is 2.27. The Kier molecular flexibility index (Phi) is 9.10. The number of alkyl halides is 2. The van der Waals surface area contributed by atoms with Gasteiger partial charge in [-0.1, -0.05) is 24.6 Å². The Hall–Kier alpha value is -1.71. The summed E-state index contributed by atoms with van der Waals surface area (Å²) in [7, 11) is 0. The van der Waals surface area contributed by atoms with Crippen LogP contribution in [0, 0.1) is 0 Å². The fraction of sp³-hybridized carbons (Fsp3) is 0.636. The third kappa shape index (κ3) is 7.43. The number of halogens is 2. The minimum Gasteiger partial charge on any atom is -0.342 e. The smallest absolute Gasteiger partial charge is 0.288 e. The third-order valence-electron chi connectivity index (χ3n) is 6.00. The highest BCUT2D eigenvalue weighted by atomic mass is 32.2. The maximum Gasteiger partial charge on any atom is 0.288 e. The second-order valence-electron chi connectivity index (χ2n) is 8.18. The fourth-order valence-electron chi connectivity index (χ4n) is 4.05. The Bertz CT molecular complexity index is 719. The highest BCUT2D eigenvalue weighted by Crippen LogP contribution is 2.26. The molecule has 0 bridgehead atoms. The van der Waals surface area contributed by atoms with Gasteiger partial charge in [0.15, 0.2) is 0 Å². The summed E-state index contributed by atoms with van der Waals surface area (Å²) in [6.45, 7) is 7.05. The number of nitrogens with one attached hydrogen (secondary N) is 1. The van der Waals surface area contributed by atoms with E-state index in [0.29, 0.717) is 28.9 Å². The number of carbonyl (C=O) groups excluding carboxylic acids is 2. The van der Waals surface area contributed by atoms with Crippen molar-refractivity contribution in [3.05, 3.63) is 24.3 Å². The van der Waals surface area contributed by atoms with Crippen molar-refractivity contribution in [1.29, 1.82) is 0 Å². The van der Waals surface area contributed by atoms with Crippen LogP contribution in [0.2, 0.25) is 0 Å². The maximum absolute atomic E-state index is 12.6. The Labute approximate surface area is 187 Å². The number of piperazine rings is 1. The van der Waals surface area contributed by atoms with Crippen LogP contribution in [0.4, 0.5) is 14.5 Å². The third-order valence-corrected chi connectivity index (χ3v) is 6.72. The van der Waals surface area contributed by atoms with Gasteiger partial charge >= 0.3 is 0 Å². The van der Waals surface area contributed by atoms with E-state index in [2.05, 4.69) is 15.1 Å². The van der Waals surface area contributed by atoms with Crippen LogP contribution >= 0.6 is 11.8 Å². The van der Waals surface area contributed by atoms with Crippen LogP contribution in [-0.2, 0) is 9.59 Å². The van der Waals surface area contributed by atoms with Gasteiger partial charge in [0, 0.05) is 49.9 Å². The van der Waals surface area contributed by atoms with Crippen molar-refractivity contribution in [3.63, 3.8) is 0 Å². The van der Waals surface area contributed by atoms with E-state index in [4.69, 9.17) is 0 Å². The monoisotopic (exact) mass is 454 g/mol. The summed E-state index contributed by atoms with van der Waals surface area (Å²) >= 11 is 0.483. The molecule has 0 spiro atoms. The first-order valence-corrected chi connectivity index (χ1v) is 11.9. The zero-order valence-corrected chi connectivity index (χ0v) is 18.9. The van der Waals surface area contributed by atoms with Crippen LogP contribution in [0.15, 0.2) is 29.2 Å². The van der Waals surface area contributed by atoms with E-state index in [1.807, 2.05) is 11.8 Å². The van der Waals surface area contributed by atoms with Gasteiger partial charge in [0.05, 0.1) is 12.6 Å². The number of hydrogen-bond acceptors (Lipinski definition) is 5. The van der Waals surface area contributed by atoms with Crippen LogP contribution in [0.5, 0.6) is 0 Å². The summed E-state index contributed by atoms with van der Waals surface area (Å²) in [5, 5.41) is 2.86.